The first-order valence-electron chi connectivity index (χ1n) is 8.78. The quantitative estimate of drug-likeness (QED) is 0.270. The van der Waals surface area contributed by atoms with Gasteiger partial charge < -0.3 is 25.3 Å². The Balaban J connectivity index is 1.50. The number of carbonyl (C=O) groups is 2. The van der Waals surface area contributed by atoms with Crippen molar-refractivity contribution in [2.24, 2.45) is 0 Å². The molecular formula is C17H15BrFN7O5. The summed E-state index contributed by atoms with van der Waals surface area (Å²) < 4.78 is 19.3. The summed E-state index contributed by atoms with van der Waals surface area (Å²) >= 11 is 3.11. The number of hydrogen-bond acceptors (Lipinski definition) is 8. The molecule has 14 heteroatoms. The van der Waals surface area contributed by atoms with Crippen LogP contribution in [0.15, 0.2) is 33.3 Å². The van der Waals surface area contributed by atoms with E-state index in [1.807, 2.05) is 0 Å². The number of benzene rings is 1. The first kappa shape index (κ1) is 22.0. The molecule has 0 atom stereocenters. The number of nitro groups is 1. The van der Waals surface area contributed by atoms with Gasteiger partial charge in [-0.15, -0.1) is 0 Å². The molecule has 162 valence electrons. The lowest BCUT2D eigenvalue weighted by Crippen LogP contribution is -2.34. The average Bonchev–Trinajstić information content (AvgIpc) is 3.32. The van der Waals surface area contributed by atoms with Crippen LogP contribution in [0.25, 0.3) is 0 Å². The molecule has 0 aliphatic rings. The molecule has 2 heterocycles. The lowest BCUT2D eigenvalue weighted by atomic mass is 10.2. The number of halogens is 2. The van der Waals surface area contributed by atoms with Gasteiger partial charge in [0.1, 0.15) is 16.8 Å². The van der Waals surface area contributed by atoms with E-state index in [0.717, 1.165) is 0 Å². The van der Waals surface area contributed by atoms with Gasteiger partial charge in [0.2, 0.25) is 0 Å². The highest BCUT2D eigenvalue weighted by Crippen LogP contribution is 2.27. The normalized spacial score (nSPS) is 10.7. The fourth-order valence-corrected chi connectivity index (χ4v) is 2.88. The molecule has 0 aliphatic carbocycles. The molecule has 12 nitrogen and oxygen atoms in total. The lowest BCUT2D eigenvalue weighted by Gasteiger charge is -2.05. The maximum atomic E-state index is 12.9. The Labute approximate surface area is 182 Å². The molecule has 0 aliphatic heterocycles. The molecule has 0 spiro atoms. The molecule has 1 aromatic carbocycles. The highest BCUT2D eigenvalue weighted by atomic mass is 79.9. The smallest absolute Gasteiger partial charge is 0.358 e. The Hall–Kier alpha value is -3.68. The third kappa shape index (κ3) is 5.28. The Morgan fingerprint density at radius 3 is 2.48 bits per heavy atom. The maximum Gasteiger partial charge on any atom is 0.404 e. The first-order chi connectivity index (χ1) is 14.8. The molecule has 0 fully saturated rings. The minimum atomic E-state index is -0.654. The van der Waals surface area contributed by atoms with E-state index >= 15 is 0 Å². The summed E-state index contributed by atoms with van der Waals surface area (Å²) in [5.41, 5.74) is 0.773. The molecule has 0 saturated heterocycles. The zero-order valence-corrected chi connectivity index (χ0v) is 17.5. The number of nitrogens with zero attached hydrogens (tertiary/aromatic N) is 5. The van der Waals surface area contributed by atoms with Crippen LogP contribution in [0.1, 0.15) is 32.6 Å². The van der Waals surface area contributed by atoms with E-state index in [4.69, 9.17) is 4.52 Å². The minimum absolute atomic E-state index is 0.0389. The molecular weight excluding hydrogens is 481 g/mol. The van der Waals surface area contributed by atoms with E-state index < -0.39 is 22.6 Å². The third-order valence-corrected chi connectivity index (χ3v) is 4.97. The van der Waals surface area contributed by atoms with E-state index in [1.165, 1.54) is 28.9 Å². The van der Waals surface area contributed by atoms with Crippen LogP contribution < -0.4 is 10.6 Å². The van der Waals surface area contributed by atoms with Crippen LogP contribution in [0.5, 0.6) is 0 Å². The predicted molar refractivity (Wildman–Crippen MR) is 106 cm³/mol. The van der Waals surface area contributed by atoms with Crippen LogP contribution in [0.3, 0.4) is 0 Å². The molecule has 0 bridgehead atoms. The minimum Gasteiger partial charge on any atom is -0.358 e. The van der Waals surface area contributed by atoms with Gasteiger partial charge in [-0.25, -0.2) is 4.39 Å². The SMILES string of the molecule is Cc1c(Br)c([N+](=O)[O-])nn1Cc1noc(C(=O)NCCNC(=O)c2ccc(F)cc2)n1. The summed E-state index contributed by atoms with van der Waals surface area (Å²) in [5.74, 6) is -2.07. The van der Waals surface area contributed by atoms with Crippen LogP contribution in [-0.2, 0) is 6.54 Å². The van der Waals surface area contributed by atoms with Crippen molar-refractivity contribution < 1.29 is 23.4 Å². The summed E-state index contributed by atoms with van der Waals surface area (Å²) in [4.78, 5) is 38.3. The van der Waals surface area contributed by atoms with Gasteiger partial charge in [-0.2, -0.15) is 9.67 Å². The predicted octanol–water partition coefficient (Wildman–Crippen LogP) is 1.59. The van der Waals surface area contributed by atoms with Gasteiger partial charge in [0, 0.05) is 18.7 Å². The molecule has 3 rings (SSSR count). The van der Waals surface area contributed by atoms with Crippen LogP contribution in [0.4, 0.5) is 10.2 Å². The molecule has 0 saturated carbocycles. The highest BCUT2D eigenvalue weighted by Gasteiger charge is 2.25. The Morgan fingerprint density at radius 1 is 1.23 bits per heavy atom. The topological polar surface area (TPSA) is 158 Å². The first-order valence-corrected chi connectivity index (χ1v) is 9.57. The number of nitrogens with one attached hydrogen (secondary N) is 2. The van der Waals surface area contributed by atoms with Gasteiger partial charge in [-0.05, 0) is 52.0 Å². The number of hydrogen-bond donors (Lipinski definition) is 2. The molecule has 2 N–H and O–H groups in total. The van der Waals surface area contributed by atoms with E-state index in [0.29, 0.717) is 5.69 Å². The van der Waals surface area contributed by atoms with E-state index in [2.05, 4.69) is 41.8 Å². The summed E-state index contributed by atoms with van der Waals surface area (Å²) in [6.07, 6.45) is 0. The van der Waals surface area contributed by atoms with Crippen molar-refractivity contribution in [1.29, 1.82) is 0 Å². The van der Waals surface area contributed by atoms with Crippen molar-refractivity contribution in [2.75, 3.05) is 13.1 Å². The second kappa shape index (κ2) is 9.42. The van der Waals surface area contributed by atoms with Crippen molar-refractivity contribution in [2.45, 2.75) is 13.5 Å². The molecule has 2 aromatic heterocycles. The summed E-state index contributed by atoms with van der Waals surface area (Å²) in [7, 11) is 0. The van der Waals surface area contributed by atoms with Gasteiger partial charge in [-0.1, -0.05) is 5.16 Å². The fourth-order valence-electron chi connectivity index (χ4n) is 2.45. The third-order valence-electron chi connectivity index (χ3n) is 4.05. The molecule has 0 unspecified atom stereocenters. The van der Waals surface area contributed by atoms with Crippen molar-refractivity contribution in [3.63, 3.8) is 0 Å². The second-order valence-electron chi connectivity index (χ2n) is 6.17. The molecule has 31 heavy (non-hydrogen) atoms. The van der Waals surface area contributed by atoms with Crippen molar-refractivity contribution in [3.8, 4) is 0 Å². The van der Waals surface area contributed by atoms with Crippen LogP contribution >= 0.6 is 15.9 Å². The lowest BCUT2D eigenvalue weighted by molar-refractivity contribution is -0.390. The summed E-state index contributed by atoms with van der Waals surface area (Å²) in [6, 6.07) is 5.03. The monoisotopic (exact) mass is 495 g/mol. The van der Waals surface area contributed by atoms with Crippen LogP contribution in [0, 0.1) is 22.9 Å². The highest BCUT2D eigenvalue weighted by molar-refractivity contribution is 9.10. The molecule has 3 aromatic rings. The maximum absolute atomic E-state index is 12.9. The van der Waals surface area contributed by atoms with Crippen molar-refractivity contribution >= 4 is 33.6 Å². The van der Waals surface area contributed by atoms with E-state index in [-0.39, 0.29) is 47.2 Å². The number of aromatic nitrogens is 4. The van der Waals surface area contributed by atoms with Crippen molar-refractivity contribution in [3.05, 3.63) is 67.6 Å². The van der Waals surface area contributed by atoms with Gasteiger partial charge in [0.25, 0.3) is 5.91 Å². The zero-order chi connectivity index (χ0) is 22.5. The fraction of sp³-hybridized carbons (Fsp3) is 0.235. The van der Waals surface area contributed by atoms with Crippen LogP contribution in [-0.4, -0.2) is 49.7 Å². The van der Waals surface area contributed by atoms with Crippen molar-refractivity contribution in [1.82, 2.24) is 30.6 Å². The van der Waals surface area contributed by atoms with Crippen LogP contribution in [0.2, 0.25) is 0 Å². The van der Waals surface area contributed by atoms with Gasteiger partial charge in [-0.3, -0.25) is 9.59 Å². The molecule has 2 amide bonds. The average molecular weight is 496 g/mol. The summed E-state index contributed by atoms with van der Waals surface area (Å²) in [5, 5.41) is 23.5. The molecule has 0 radical (unpaired) electrons. The van der Waals surface area contributed by atoms with E-state index in [9.17, 15) is 24.1 Å². The zero-order valence-electron chi connectivity index (χ0n) is 16.0. The van der Waals surface area contributed by atoms with Gasteiger partial charge in [0.15, 0.2) is 5.82 Å². The number of amides is 2. The summed E-state index contributed by atoms with van der Waals surface area (Å²) in [6.45, 7) is 1.79. The van der Waals surface area contributed by atoms with E-state index in [1.54, 1.807) is 6.92 Å². The Kier molecular flexibility index (Phi) is 6.69. The van der Waals surface area contributed by atoms with Gasteiger partial charge in [0.05, 0.1) is 10.8 Å². The number of rotatable bonds is 8. The second-order valence-corrected chi connectivity index (χ2v) is 6.97. The number of carbonyl (C=O) groups excluding carboxylic acids is 2. The largest absolute Gasteiger partial charge is 0.404 e. The Morgan fingerprint density at radius 2 is 1.87 bits per heavy atom. The van der Waals surface area contributed by atoms with Gasteiger partial charge >= 0.3 is 17.6 Å². The Bertz CT molecular complexity index is 1130. The standard InChI is InChI=1S/C17H15BrFN7O5/c1-9-13(18)14(26(29)30)23-25(9)8-12-22-17(31-24-12)16(28)21-7-6-20-15(27)10-2-4-11(19)5-3-10/h2-5H,6-8H2,1H3,(H,20,27)(H,21,28).